The number of carbonyl (C=O) groups excluding carboxylic acids is 2. The van der Waals surface area contributed by atoms with E-state index in [4.69, 9.17) is 5.73 Å². The van der Waals surface area contributed by atoms with Gasteiger partial charge in [-0.3, -0.25) is 9.59 Å². The molecule has 2 aliphatic heterocycles. The number of hydrogen-bond donors (Lipinski definition) is 3. The Kier molecular flexibility index (Phi) is 5.46. The number of carboxylic acid groups (broad SMARTS) is 1. The van der Waals surface area contributed by atoms with Crippen LogP contribution in [0, 0.1) is 11.8 Å². The molecule has 0 bridgehead atoms. The van der Waals surface area contributed by atoms with Gasteiger partial charge in [-0.15, -0.1) is 16.9 Å². The lowest BCUT2D eigenvalue weighted by Gasteiger charge is -2.47. The maximum Gasteiger partial charge on any atom is 0.353 e. The maximum absolute atomic E-state index is 12.7. The van der Waals surface area contributed by atoms with Crippen LogP contribution in [0.1, 0.15) is 13.8 Å². The quantitative estimate of drug-likeness (QED) is 0.452. The fourth-order valence-corrected chi connectivity index (χ4v) is 4.75. The molecule has 1 unspecified atom stereocenters. The molecular weight excluding hydrogens is 374 g/mol. The molecule has 2 amide bonds. The van der Waals surface area contributed by atoms with E-state index in [9.17, 15) is 19.5 Å². The summed E-state index contributed by atoms with van der Waals surface area (Å²) in [6.07, 6.45) is 1.32. The second-order valence-electron chi connectivity index (χ2n) is 6.53. The van der Waals surface area contributed by atoms with Crippen molar-refractivity contribution in [3.63, 3.8) is 0 Å². The number of nitrogens with two attached hydrogens (primary N) is 1. The fraction of sp³-hybridized carbons (Fsp3) is 0.600. The normalized spacial score (nSPS) is 25.2. The van der Waals surface area contributed by atoms with Gasteiger partial charge < -0.3 is 21.1 Å². The van der Waals surface area contributed by atoms with Crippen molar-refractivity contribution in [2.45, 2.75) is 32.5 Å². The average Bonchev–Trinajstić information content (AvgIpc) is 3.18. The summed E-state index contributed by atoms with van der Waals surface area (Å²) in [5.74, 6) is -1.77. The van der Waals surface area contributed by atoms with Crippen LogP contribution >= 0.6 is 11.8 Å². The molecule has 11 nitrogen and oxygen atoms in total. The van der Waals surface area contributed by atoms with Crippen LogP contribution in [0.5, 0.6) is 0 Å². The molecule has 3 rings (SSSR count). The third-order valence-electron chi connectivity index (χ3n) is 4.79. The summed E-state index contributed by atoms with van der Waals surface area (Å²) >= 11 is 1.38. The number of β-lactam (4-membered cyclic amide) rings is 1. The number of rotatable bonds is 8. The van der Waals surface area contributed by atoms with E-state index < -0.39 is 17.9 Å². The van der Waals surface area contributed by atoms with Crippen molar-refractivity contribution in [2.75, 3.05) is 12.3 Å². The Bertz CT molecular complexity index is 781. The van der Waals surface area contributed by atoms with Crippen LogP contribution in [0.2, 0.25) is 0 Å². The van der Waals surface area contributed by atoms with Crippen LogP contribution in [0.3, 0.4) is 0 Å². The van der Waals surface area contributed by atoms with E-state index in [2.05, 4.69) is 20.8 Å². The number of nitrogens with zero attached hydrogens (tertiary/aromatic N) is 5. The first-order chi connectivity index (χ1) is 12.9. The summed E-state index contributed by atoms with van der Waals surface area (Å²) in [7, 11) is 0. The molecule has 1 aromatic heterocycles. The van der Waals surface area contributed by atoms with Gasteiger partial charge in [0, 0.05) is 29.2 Å². The van der Waals surface area contributed by atoms with Gasteiger partial charge >= 0.3 is 5.97 Å². The highest BCUT2D eigenvalue weighted by atomic mass is 32.2. The summed E-state index contributed by atoms with van der Waals surface area (Å²) in [6, 6.07) is -0.730. The number of fused-ring (bicyclic) bond motifs is 1. The van der Waals surface area contributed by atoms with Gasteiger partial charge in [0.25, 0.3) is 0 Å². The van der Waals surface area contributed by atoms with E-state index in [-0.39, 0.29) is 36.0 Å². The number of carbonyl (C=O) groups is 3. The monoisotopic (exact) mass is 395 g/mol. The predicted octanol–water partition coefficient (Wildman–Crippen LogP) is -1.36. The molecule has 4 atom stereocenters. The van der Waals surface area contributed by atoms with Crippen LogP contribution in [-0.4, -0.2) is 72.4 Å². The van der Waals surface area contributed by atoms with Crippen molar-refractivity contribution in [1.82, 2.24) is 30.4 Å². The molecule has 27 heavy (non-hydrogen) atoms. The molecule has 0 radical (unpaired) electrons. The van der Waals surface area contributed by atoms with Crippen molar-refractivity contribution >= 4 is 29.5 Å². The molecule has 1 aromatic rings. The minimum Gasteiger partial charge on any atom is -0.477 e. The molecule has 1 saturated heterocycles. The summed E-state index contributed by atoms with van der Waals surface area (Å²) in [6.45, 7) is 4.01. The minimum absolute atomic E-state index is 0.0411. The molecule has 1 fully saturated rings. The Labute approximate surface area is 159 Å². The van der Waals surface area contributed by atoms with E-state index in [1.54, 1.807) is 6.92 Å². The lowest BCUT2D eigenvalue weighted by Crippen LogP contribution is -2.66. The van der Waals surface area contributed by atoms with Gasteiger partial charge in [0.15, 0.2) is 0 Å². The van der Waals surface area contributed by atoms with Gasteiger partial charge in [-0.25, -0.2) is 9.48 Å². The van der Waals surface area contributed by atoms with Gasteiger partial charge in [-0.2, -0.15) is 0 Å². The van der Waals surface area contributed by atoms with E-state index in [1.807, 2.05) is 6.92 Å². The standard InChI is InChI=1S/C15H21N7O4S/c1-7-11-10(8(2)18-9(23)5-21-6-17-19-20-21)14(24)22(11)12(15(25)26)13(7)27-4-3-16/h6-8,10-11H,3-5,16H2,1-2H3,(H,18,23)(H,25,26)/t7-,8?,10-,11-/m1/s1. The largest absolute Gasteiger partial charge is 0.477 e. The fourth-order valence-electron chi connectivity index (χ4n) is 3.69. The average molecular weight is 395 g/mol. The maximum atomic E-state index is 12.7. The zero-order valence-corrected chi connectivity index (χ0v) is 15.7. The van der Waals surface area contributed by atoms with E-state index >= 15 is 0 Å². The minimum atomic E-state index is -1.12. The summed E-state index contributed by atoms with van der Waals surface area (Å²) in [5, 5.41) is 22.9. The van der Waals surface area contributed by atoms with Crippen LogP contribution in [0.15, 0.2) is 16.9 Å². The van der Waals surface area contributed by atoms with Crippen molar-refractivity contribution in [1.29, 1.82) is 0 Å². The van der Waals surface area contributed by atoms with Gasteiger partial charge in [0.05, 0.1) is 12.0 Å². The van der Waals surface area contributed by atoms with E-state index in [0.29, 0.717) is 17.2 Å². The third kappa shape index (κ3) is 3.41. The lowest BCUT2D eigenvalue weighted by molar-refractivity contribution is -0.158. The predicted molar refractivity (Wildman–Crippen MR) is 94.9 cm³/mol. The Morgan fingerprint density at radius 1 is 1.48 bits per heavy atom. The van der Waals surface area contributed by atoms with Crippen molar-refractivity contribution in [2.24, 2.45) is 17.6 Å². The highest BCUT2D eigenvalue weighted by molar-refractivity contribution is 8.03. The van der Waals surface area contributed by atoms with Crippen LogP contribution in [-0.2, 0) is 20.9 Å². The van der Waals surface area contributed by atoms with Crippen molar-refractivity contribution < 1.29 is 19.5 Å². The van der Waals surface area contributed by atoms with Gasteiger partial charge in [0.2, 0.25) is 11.8 Å². The summed E-state index contributed by atoms with van der Waals surface area (Å²) < 4.78 is 1.28. The van der Waals surface area contributed by atoms with Gasteiger partial charge in [-0.05, 0) is 17.4 Å². The first kappa shape index (κ1) is 19.3. The molecule has 4 N–H and O–H groups in total. The smallest absolute Gasteiger partial charge is 0.353 e. The molecule has 0 aromatic carbocycles. The zero-order chi connectivity index (χ0) is 19.7. The van der Waals surface area contributed by atoms with E-state index in [0.717, 1.165) is 0 Å². The van der Waals surface area contributed by atoms with Crippen molar-refractivity contribution in [3.8, 4) is 0 Å². The van der Waals surface area contributed by atoms with E-state index in [1.165, 1.54) is 27.7 Å². The number of tetrazole rings is 1. The number of aliphatic carboxylic acids is 1. The number of hydrogen-bond acceptors (Lipinski definition) is 8. The number of thioether (sulfide) groups is 1. The molecule has 2 aliphatic rings. The molecule has 0 saturated carbocycles. The molecular formula is C15H21N7O4S. The molecule has 0 aliphatic carbocycles. The lowest BCUT2D eigenvalue weighted by atomic mass is 9.78. The SMILES string of the molecule is CC(NC(=O)Cn1cnnn1)[C@H]1C(=O)N2C(C(=O)O)=C(SCCN)[C@H](C)[C@H]12. The van der Waals surface area contributed by atoms with Crippen LogP contribution in [0.25, 0.3) is 0 Å². The van der Waals surface area contributed by atoms with Crippen LogP contribution < -0.4 is 11.1 Å². The van der Waals surface area contributed by atoms with Crippen LogP contribution in [0.4, 0.5) is 0 Å². The summed E-state index contributed by atoms with van der Waals surface area (Å²) in [5.41, 5.74) is 5.58. The van der Waals surface area contributed by atoms with Gasteiger partial charge in [-0.1, -0.05) is 6.92 Å². The number of nitrogens with one attached hydrogen (secondary N) is 1. The summed E-state index contributed by atoms with van der Waals surface area (Å²) in [4.78, 5) is 38.5. The highest BCUT2D eigenvalue weighted by Crippen LogP contribution is 2.50. The number of aromatic nitrogens is 4. The highest BCUT2D eigenvalue weighted by Gasteiger charge is 2.60. The Morgan fingerprint density at radius 3 is 2.81 bits per heavy atom. The molecule has 3 heterocycles. The van der Waals surface area contributed by atoms with Gasteiger partial charge in [0.1, 0.15) is 18.6 Å². The molecule has 0 spiro atoms. The third-order valence-corrected chi connectivity index (χ3v) is 6.11. The first-order valence-corrected chi connectivity index (χ1v) is 9.48. The molecule has 146 valence electrons. The Balaban J connectivity index is 1.70. The second kappa shape index (κ2) is 7.64. The van der Waals surface area contributed by atoms with Crippen molar-refractivity contribution in [3.05, 3.63) is 16.9 Å². The second-order valence-corrected chi connectivity index (χ2v) is 7.67. The number of amides is 2. The number of carboxylic acids is 1. The molecule has 12 heteroatoms. The zero-order valence-electron chi connectivity index (χ0n) is 14.9. The Hall–Kier alpha value is -2.47. The Morgan fingerprint density at radius 2 is 2.22 bits per heavy atom. The topological polar surface area (TPSA) is 156 Å². The first-order valence-electron chi connectivity index (χ1n) is 8.50.